The summed E-state index contributed by atoms with van der Waals surface area (Å²) in [6.45, 7) is 6.27. The number of esters is 1. The number of aromatic nitrogens is 1. The van der Waals surface area contributed by atoms with Gasteiger partial charge in [-0.25, -0.2) is 9.78 Å². The number of likely N-dealkylation sites (N-methyl/N-ethyl adjacent to an activating group) is 1. The van der Waals surface area contributed by atoms with Gasteiger partial charge >= 0.3 is 5.97 Å². The first-order chi connectivity index (χ1) is 12.4. The zero-order valence-electron chi connectivity index (χ0n) is 16.1. The Bertz CT molecular complexity index is 790. The molecule has 1 aromatic carbocycles. The lowest BCUT2D eigenvalue weighted by Gasteiger charge is -2.21. The molecule has 0 aliphatic rings. The molecule has 0 aliphatic carbocycles. The maximum absolute atomic E-state index is 12.9. The maximum Gasteiger partial charge on any atom is 0.341 e. The molecule has 26 heavy (non-hydrogen) atoms. The smallest absolute Gasteiger partial charge is 0.341 e. The number of pyridine rings is 1. The van der Waals surface area contributed by atoms with E-state index in [2.05, 4.69) is 37.9 Å². The van der Waals surface area contributed by atoms with Crippen LogP contribution in [0.25, 0.3) is 0 Å². The fraction of sp³-hybridized carbons (Fsp3) is 0.381. The predicted molar refractivity (Wildman–Crippen MR) is 103 cm³/mol. The van der Waals surface area contributed by atoms with E-state index in [4.69, 9.17) is 4.74 Å². The summed E-state index contributed by atoms with van der Waals surface area (Å²) < 4.78 is 4.79. The van der Waals surface area contributed by atoms with Gasteiger partial charge in [0.2, 0.25) is 5.91 Å². The van der Waals surface area contributed by atoms with Crippen LogP contribution in [-0.2, 0) is 28.8 Å². The largest absolute Gasteiger partial charge is 0.465 e. The Balaban J connectivity index is 2.36. The van der Waals surface area contributed by atoms with Gasteiger partial charge in [0.1, 0.15) is 11.4 Å². The molecule has 2 rings (SSSR count). The van der Waals surface area contributed by atoms with Crippen molar-refractivity contribution in [2.24, 2.45) is 0 Å². The number of ether oxygens (including phenoxy) is 1. The van der Waals surface area contributed by atoms with Gasteiger partial charge < -0.3 is 4.74 Å². The Morgan fingerprint density at radius 2 is 1.77 bits per heavy atom. The van der Waals surface area contributed by atoms with Crippen molar-refractivity contribution in [3.05, 3.63) is 58.3 Å². The molecule has 0 bridgehead atoms. The number of hydrogen-bond donors (Lipinski definition) is 0. The van der Waals surface area contributed by atoms with Crippen molar-refractivity contribution in [2.45, 2.75) is 40.0 Å². The van der Waals surface area contributed by atoms with Crippen LogP contribution in [0.4, 0.5) is 5.82 Å². The van der Waals surface area contributed by atoms with Crippen LogP contribution in [0.15, 0.2) is 30.5 Å². The number of amides is 1. The third-order valence-electron chi connectivity index (χ3n) is 4.55. The zero-order chi connectivity index (χ0) is 19.3. The average molecular weight is 354 g/mol. The number of benzene rings is 1. The van der Waals surface area contributed by atoms with Crippen LogP contribution in [0.5, 0.6) is 0 Å². The van der Waals surface area contributed by atoms with Crippen LogP contribution in [0, 0.1) is 6.92 Å². The molecule has 0 fully saturated rings. The highest BCUT2D eigenvalue weighted by molar-refractivity contribution is 6.01. The predicted octanol–water partition coefficient (Wildman–Crippen LogP) is 3.51. The molecule has 0 atom stereocenters. The summed E-state index contributed by atoms with van der Waals surface area (Å²) in [7, 11) is 2.96. The number of hydrogen-bond acceptors (Lipinski definition) is 4. The van der Waals surface area contributed by atoms with Crippen molar-refractivity contribution >= 4 is 17.7 Å². The molecule has 138 valence electrons. The summed E-state index contributed by atoms with van der Waals surface area (Å²) in [6.07, 6.45) is 3.59. The second-order valence-electron chi connectivity index (χ2n) is 6.26. The highest BCUT2D eigenvalue weighted by Gasteiger charge is 2.22. The van der Waals surface area contributed by atoms with Crippen molar-refractivity contribution in [2.75, 3.05) is 19.1 Å². The monoisotopic (exact) mass is 354 g/mol. The minimum atomic E-state index is -0.508. The van der Waals surface area contributed by atoms with Crippen molar-refractivity contribution in [1.82, 2.24) is 4.98 Å². The van der Waals surface area contributed by atoms with Crippen LogP contribution < -0.4 is 4.90 Å². The Morgan fingerprint density at radius 1 is 1.15 bits per heavy atom. The van der Waals surface area contributed by atoms with Crippen LogP contribution in [0.1, 0.15) is 46.5 Å². The van der Waals surface area contributed by atoms with E-state index >= 15 is 0 Å². The molecule has 2 aromatic rings. The molecule has 0 saturated carbocycles. The molecule has 0 N–H and O–H groups in total. The van der Waals surface area contributed by atoms with Gasteiger partial charge in [-0.05, 0) is 48.6 Å². The van der Waals surface area contributed by atoms with Crippen molar-refractivity contribution in [3.63, 3.8) is 0 Å². The molecule has 0 saturated heterocycles. The zero-order valence-corrected chi connectivity index (χ0v) is 16.1. The van der Waals surface area contributed by atoms with E-state index in [9.17, 15) is 9.59 Å². The van der Waals surface area contributed by atoms with E-state index in [-0.39, 0.29) is 17.9 Å². The van der Waals surface area contributed by atoms with E-state index < -0.39 is 5.97 Å². The quantitative estimate of drug-likeness (QED) is 0.745. The maximum atomic E-state index is 12.9. The fourth-order valence-electron chi connectivity index (χ4n) is 3.15. The minimum Gasteiger partial charge on any atom is -0.465 e. The van der Waals surface area contributed by atoms with E-state index in [1.54, 1.807) is 25.4 Å². The SMILES string of the molecule is CCc1cc(C)cc(CC)c1CC(=O)N(C)c1ncccc1C(=O)OC. The third-order valence-corrected chi connectivity index (χ3v) is 4.55. The van der Waals surface area contributed by atoms with Crippen LogP contribution in [-0.4, -0.2) is 31.0 Å². The summed E-state index contributed by atoms with van der Waals surface area (Å²) >= 11 is 0. The summed E-state index contributed by atoms with van der Waals surface area (Å²) in [5, 5.41) is 0. The van der Waals surface area contributed by atoms with E-state index in [1.165, 1.54) is 28.7 Å². The Morgan fingerprint density at radius 3 is 2.31 bits per heavy atom. The molecule has 5 heteroatoms. The van der Waals surface area contributed by atoms with E-state index in [0.29, 0.717) is 5.82 Å². The summed E-state index contributed by atoms with van der Waals surface area (Å²) in [4.78, 5) is 30.5. The lowest BCUT2D eigenvalue weighted by molar-refractivity contribution is -0.117. The van der Waals surface area contributed by atoms with Gasteiger partial charge in [-0.15, -0.1) is 0 Å². The average Bonchev–Trinajstić information content (AvgIpc) is 2.67. The number of methoxy groups -OCH3 is 1. The number of aryl methyl sites for hydroxylation is 3. The molecule has 0 unspecified atom stereocenters. The lowest BCUT2D eigenvalue weighted by atomic mass is 9.92. The number of carbonyl (C=O) groups excluding carboxylic acids is 2. The highest BCUT2D eigenvalue weighted by Crippen LogP contribution is 2.23. The molecule has 5 nitrogen and oxygen atoms in total. The van der Waals surface area contributed by atoms with Gasteiger partial charge in [-0.1, -0.05) is 31.5 Å². The first kappa shape index (κ1) is 19.6. The summed E-state index contributed by atoms with van der Waals surface area (Å²) in [6, 6.07) is 7.54. The number of rotatable bonds is 6. The van der Waals surface area contributed by atoms with Crippen molar-refractivity contribution in [3.8, 4) is 0 Å². The highest BCUT2D eigenvalue weighted by atomic mass is 16.5. The van der Waals surface area contributed by atoms with Gasteiger partial charge in [-0.3, -0.25) is 9.69 Å². The van der Waals surface area contributed by atoms with E-state index in [1.807, 2.05) is 0 Å². The normalized spacial score (nSPS) is 10.5. The molecular weight excluding hydrogens is 328 g/mol. The molecule has 0 radical (unpaired) electrons. The lowest BCUT2D eigenvalue weighted by Crippen LogP contribution is -2.31. The molecule has 1 amide bonds. The molecule has 0 spiro atoms. The summed E-state index contributed by atoms with van der Waals surface area (Å²) in [5.74, 6) is -0.304. The van der Waals surface area contributed by atoms with Crippen molar-refractivity contribution < 1.29 is 14.3 Å². The minimum absolute atomic E-state index is 0.109. The Kier molecular flexibility index (Phi) is 6.50. The Labute approximate surface area is 155 Å². The Hall–Kier alpha value is -2.69. The topological polar surface area (TPSA) is 59.5 Å². The summed E-state index contributed by atoms with van der Waals surface area (Å²) in [5.41, 5.74) is 4.95. The van der Waals surface area contributed by atoms with Gasteiger partial charge in [-0.2, -0.15) is 0 Å². The van der Waals surface area contributed by atoms with Gasteiger partial charge in [0.05, 0.1) is 13.5 Å². The molecule has 1 aromatic heterocycles. The molecule has 1 heterocycles. The standard InChI is InChI=1S/C21H26N2O3/c1-6-15-11-14(3)12-16(7-2)18(15)13-19(24)23(4)20-17(21(25)26-5)9-8-10-22-20/h8-12H,6-7,13H2,1-5H3. The van der Waals surface area contributed by atoms with Gasteiger partial charge in [0.25, 0.3) is 0 Å². The third kappa shape index (κ3) is 4.10. The first-order valence-corrected chi connectivity index (χ1v) is 8.84. The van der Waals surface area contributed by atoms with Crippen molar-refractivity contribution in [1.29, 1.82) is 0 Å². The number of anilines is 1. The van der Waals surface area contributed by atoms with Crippen LogP contribution in [0.3, 0.4) is 0 Å². The molecule has 0 aliphatic heterocycles. The fourth-order valence-corrected chi connectivity index (χ4v) is 3.15. The van der Waals surface area contributed by atoms with Crippen LogP contribution in [0.2, 0.25) is 0 Å². The number of nitrogens with zero attached hydrogens (tertiary/aromatic N) is 2. The van der Waals surface area contributed by atoms with Gasteiger partial charge in [0, 0.05) is 13.2 Å². The second kappa shape index (κ2) is 8.61. The molecular formula is C21H26N2O3. The first-order valence-electron chi connectivity index (χ1n) is 8.84. The second-order valence-corrected chi connectivity index (χ2v) is 6.26. The van der Waals surface area contributed by atoms with E-state index in [0.717, 1.165) is 18.4 Å². The van der Waals surface area contributed by atoms with Gasteiger partial charge in [0.15, 0.2) is 0 Å². The van der Waals surface area contributed by atoms with Crippen LogP contribution >= 0.6 is 0 Å². The number of carbonyl (C=O) groups is 2.